The third-order valence-corrected chi connectivity index (χ3v) is 5.57. The number of para-hydroxylation sites is 1. The standard InChI is InChI=1S/C25H17N5O5/c31-22(27-16-5-6-20-21(11-16)34-14-33-20)13-30-19-4-2-1-3-17(19)18(12-23(30)32)25-28-24(29-35-25)15-7-9-26-10-8-15/h1-12H,13-14H2,(H,27,31). The van der Waals surface area contributed by atoms with E-state index in [1.54, 1.807) is 54.9 Å². The molecule has 0 bridgehead atoms. The maximum absolute atomic E-state index is 13.1. The number of amides is 1. The first-order chi connectivity index (χ1) is 17.2. The van der Waals surface area contributed by atoms with Gasteiger partial charge in [-0.25, -0.2) is 0 Å². The van der Waals surface area contributed by atoms with E-state index in [0.29, 0.717) is 39.5 Å². The normalized spacial score (nSPS) is 12.1. The van der Waals surface area contributed by atoms with E-state index in [1.165, 1.54) is 10.6 Å². The van der Waals surface area contributed by atoms with Gasteiger partial charge >= 0.3 is 0 Å². The summed E-state index contributed by atoms with van der Waals surface area (Å²) < 4.78 is 17.5. The average Bonchev–Trinajstić information content (AvgIpc) is 3.56. The van der Waals surface area contributed by atoms with Crippen LogP contribution >= 0.6 is 0 Å². The highest BCUT2D eigenvalue weighted by molar-refractivity contribution is 5.95. The van der Waals surface area contributed by atoms with Crippen molar-refractivity contribution in [3.63, 3.8) is 0 Å². The van der Waals surface area contributed by atoms with Crippen molar-refractivity contribution in [1.29, 1.82) is 0 Å². The number of pyridine rings is 2. The highest BCUT2D eigenvalue weighted by atomic mass is 16.7. The summed E-state index contributed by atoms with van der Waals surface area (Å²) in [5.41, 5.74) is 1.98. The maximum atomic E-state index is 13.1. The molecule has 0 unspecified atom stereocenters. The summed E-state index contributed by atoms with van der Waals surface area (Å²) in [5.74, 6) is 1.41. The van der Waals surface area contributed by atoms with Crippen LogP contribution in [0.5, 0.6) is 11.5 Å². The van der Waals surface area contributed by atoms with Crippen LogP contribution in [0, 0.1) is 0 Å². The molecule has 10 nitrogen and oxygen atoms in total. The highest BCUT2D eigenvalue weighted by Crippen LogP contribution is 2.34. The lowest BCUT2D eigenvalue weighted by Crippen LogP contribution is -2.27. The number of nitrogens with zero attached hydrogens (tertiary/aromatic N) is 4. The second-order valence-corrected chi connectivity index (χ2v) is 7.77. The van der Waals surface area contributed by atoms with Crippen molar-refractivity contribution < 1.29 is 18.8 Å². The third-order valence-electron chi connectivity index (χ3n) is 5.57. The lowest BCUT2D eigenvalue weighted by Gasteiger charge is -2.12. The maximum Gasteiger partial charge on any atom is 0.259 e. The Morgan fingerprint density at radius 3 is 2.71 bits per heavy atom. The molecular weight excluding hydrogens is 450 g/mol. The van der Waals surface area contributed by atoms with Crippen molar-refractivity contribution in [2.24, 2.45) is 0 Å². The first-order valence-electron chi connectivity index (χ1n) is 10.7. The number of rotatable bonds is 5. The van der Waals surface area contributed by atoms with Crippen LogP contribution < -0.4 is 20.3 Å². The second-order valence-electron chi connectivity index (χ2n) is 7.77. The molecule has 0 saturated carbocycles. The molecular formula is C25H17N5O5. The fourth-order valence-corrected chi connectivity index (χ4v) is 3.94. The van der Waals surface area contributed by atoms with Crippen LogP contribution in [-0.2, 0) is 11.3 Å². The van der Waals surface area contributed by atoms with E-state index in [4.69, 9.17) is 14.0 Å². The molecule has 0 spiro atoms. The monoisotopic (exact) mass is 467 g/mol. The topological polar surface area (TPSA) is 121 Å². The van der Waals surface area contributed by atoms with Gasteiger partial charge in [-0.05, 0) is 30.3 Å². The summed E-state index contributed by atoms with van der Waals surface area (Å²) in [4.78, 5) is 34.3. The Hall–Kier alpha value is -4.99. The van der Waals surface area contributed by atoms with Crippen LogP contribution in [0.2, 0.25) is 0 Å². The van der Waals surface area contributed by atoms with Crippen molar-refractivity contribution in [2.75, 3.05) is 12.1 Å². The zero-order valence-electron chi connectivity index (χ0n) is 18.2. The number of hydrogen-bond acceptors (Lipinski definition) is 8. The molecule has 3 aromatic heterocycles. The Morgan fingerprint density at radius 1 is 1.00 bits per heavy atom. The Balaban J connectivity index is 1.32. The lowest BCUT2D eigenvalue weighted by atomic mass is 10.1. The average molecular weight is 467 g/mol. The largest absolute Gasteiger partial charge is 0.454 e. The molecule has 2 aromatic carbocycles. The van der Waals surface area contributed by atoms with Crippen molar-refractivity contribution in [2.45, 2.75) is 6.54 Å². The van der Waals surface area contributed by atoms with E-state index < -0.39 is 0 Å². The quantitative estimate of drug-likeness (QED) is 0.417. The minimum absolute atomic E-state index is 0.143. The molecule has 0 saturated heterocycles. The summed E-state index contributed by atoms with van der Waals surface area (Å²) in [5, 5.41) is 7.54. The van der Waals surface area contributed by atoms with Crippen LogP contribution in [-0.4, -0.2) is 32.4 Å². The van der Waals surface area contributed by atoms with Crippen molar-refractivity contribution in [3.8, 4) is 34.3 Å². The fourth-order valence-electron chi connectivity index (χ4n) is 3.94. The van der Waals surface area contributed by atoms with E-state index in [2.05, 4.69) is 20.4 Å². The number of carbonyl (C=O) groups is 1. The van der Waals surface area contributed by atoms with Gasteiger partial charge in [0.1, 0.15) is 6.54 Å². The highest BCUT2D eigenvalue weighted by Gasteiger charge is 2.19. The number of ether oxygens (including phenoxy) is 2. The SMILES string of the molecule is O=C(Cn1c(=O)cc(-c2nc(-c3ccncc3)no2)c2ccccc21)Nc1ccc2c(c1)OCO2. The molecule has 6 rings (SSSR count). The van der Waals surface area contributed by atoms with Gasteiger partial charge in [0.2, 0.25) is 18.5 Å². The van der Waals surface area contributed by atoms with Crippen molar-refractivity contribution >= 4 is 22.5 Å². The van der Waals surface area contributed by atoms with Gasteiger partial charge in [-0.2, -0.15) is 4.98 Å². The summed E-state index contributed by atoms with van der Waals surface area (Å²) >= 11 is 0. The first kappa shape index (κ1) is 20.6. The molecule has 1 aliphatic rings. The Labute approximate surface area is 197 Å². The Morgan fingerprint density at radius 2 is 1.83 bits per heavy atom. The molecule has 1 amide bonds. The summed E-state index contributed by atoms with van der Waals surface area (Å²) in [7, 11) is 0. The number of fused-ring (bicyclic) bond motifs is 2. The summed E-state index contributed by atoms with van der Waals surface area (Å²) in [6.45, 7) is -0.0370. The summed E-state index contributed by atoms with van der Waals surface area (Å²) in [6.07, 6.45) is 3.27. The first-order valence-corrected chi connectivity index (χ1v) is 10.7. The number of benzene rings is 2. The van der Waals surface area contributed by atoms with Crippen LogP contribution in [0.3, 0.4) is 0 Å². The molecule has 5 aromatic rings. The van der Waals surface area contributed by atoms with Gasteiger partial charge in [-0.1, -0.05) is 23.4 Å². The number of hydrogen-bond donors (Lipinski definition) is 1. The molecule has 4 heterocycles. The van der Waals surface area contributed by atoms with Gasteiger partial charge in [-0.3, -0.25) is 19.1 Å². The van der Waals surface area contributed by atoms with Crippen LogP contribution in [0.25, 0.3) is 33.7 Å². The second kappa shape index (κ2) is 8.41. The molecule has 0 fully saturated rings. The molecule has 35 heavy (non-hydrogen) atoms. The van der Waals surface area contributed by atoms with Crippen LogP contribution in [0.1, 0.15) is 0 Å². The lowest BCUT2D eigenvalue weighted by molar-refractivity contribution is -0.116. The van der Waals surface area contributed by atoms with E-state index in [1.807, 2.05) is 12.1 Å². The van der Waals surface area contributed by atoms with E-state index in [9.17, 15) is 9.59 Å². The zero-order chi connectivity index (χ0) is 23.8. The number of anilines is 1. The van der Waals surface area contributed by atoms with E-state index >= 15 is 0 Å². The fraction of sp³-hybridized carbons (Fsp3) is 0.0800. The van der Waals surface area contributed by atoms with Gasteiger partial charge in [0.15, 0.2) is 11.5 Å². The minimum Gasteiger partial charge on any atom is -0.454 e. The number of carbonyl (C=O) groups excluding carboxylic acids is 1. The van der Waals surface area contributed by atoms with Crippen LogP contribution in [0.15, 0.2) is 82.4 Å². The predicted molar refractivity (Wildman–Crippen MR) is 126 cm³/mol. The molecule has 0 radical (unpaired) electrons. The minimum atomic E-state index is -0.372. The Kier molecular flexibility index (Phi) is 4.95. The van der Waals surface area contributed by atoms with Gasteiger partial charge in [0, 0.05) is 41.2 Å². The van der Waals surface area contributed by atoms with Crippen molar-refractivity contribution in [1.82, 2.24) is 19.7 Å². The smallest absolute Gasteiger partial charge is 0.259 e. The summed E-state index contributed by atoms with van der Waals surface area (Å²) in [6, 6.07) is 17.3. The van der Waals surface area contributed by atoms with Crippen LogP contribution in [0.4, 0.5) is 5.69 Å². The number of nitrogens with one attached hydrogen (secondary N) is 1. The van der Waals surface area contributed by atoms with Gasteiger partial charge in [0.05, 0.1) is 11.1 Å². The van der Waals surface area contributed by atoms with E-state index in [-0.39, 0.29) is 30.7 Å². The van der Waals surface area contributed by atoms with Gasteiger partial charge in [-0.15, -0.1) is 0 Å². The molecule has 1 N–H and O–H groups in total. The van der Waals surface area contributed by atoms with Crippen molar-refractivity contribution in [3.05, 3.63) is 83.4 Å². The van der Waals surface area contributed by atoms with Gasteiger partial charge < -0.3 is 19.3 Å². The molecule has 10 heteroatoms. The third kappa shape index (κ3) is 3.86. The zero-order valence-corrected chi connectivity index (χ0v) is 18.2. The molecule has 172 valence electrons. The number of aromatic nitrogens is 4. The van der Waals surface area contributed by atoms with E-state index in [0.717, 1.165) is 5.56 Å². The molecule has 0 aliphatic carbocycles. The molecule has 1 aliphatic heterocycles. The molecule has 0 atom stereocenters. The predicted octanol–water partition coefficient (Wildman–Crippen LogP) is 3.48. The van der Waals surface area contributed by atoms with Gasteiger partial charge in [0.25, 0.3) is 11.4 Å². The Bertz CT molecular complexity index is 1630.